The van der Waals surface area contributed by atoms with E-state index >= 15 is 0 Å². The van der Waals surface area contributed by atoms with E-state index in [1.807, 2.05) is 20.8 Å². The second kappa shape index (κ2) is 3.38. The van der Waals surface area contributed by atoms with Gasteiger partial charge < -0.3 is 5.11 Å². The van der Waals surface area contributed by atoms with E-state index in [1.54, 1.807) is 0 Å². The molecule has 0 spiro atoms. The molecule has 1 N–H and O–H groups in total. The minimum Gasteiger partial charge on any atom is -0.507 e. The van der Waals surface area contributed by atoms with Gasteiger partial charge in [-0.25, -0.2) is 0 Å². The first-order chi connectivity index (χ1) is 5.46. The van der Waals surface area contributed by atoms with Crippen LogP contribution in [-0.4, -0.2) is 5.11 Å². The molecule has 0 atom stereocenters. The Balaban J connectivity index is 3.60. The van der Waals surface area contributed by atoms with Crippen molar-refractivity contribution in [3.8, 4) is 5.75 Å². The summed E-state index contributed by atoms with van der Waals surface area (Å²) in [5, 5.41) is 9.64. The standard InChI is InChI=1S/C9H10Br2O/c1-4-5(2)9(12)6(3)8(11)7(4)10/h12H,1-3H3. The van der Waals surface area contributed by atoms with Crippen LogP contribution in [0, 0.1) is 20.8 Å². The van der Waals surface area contributed by atoms with Gasteiger partial charge in [0.05, 0.1) is 0 Å². The molecule has 0 radical (unpaired) electrons. The topological polar surface area (TPSA) is 20.2 Å². The SMILES string of the molecule is Cc1c(C)c(Br)c(Br)c(C)c1O. The molecule has 0 heterocycles. The molecule has 0 aromatic heterocycles. The fraction of sp³-hybridized carbons (Fsp3) is 0.333. The third kappa shape index (κ3) is 1.40. The van der Waals surface area contributed by atoms with Crippen molar-refractivity contribution < 1.29 is 5.11 Å². The van der Waals surface area contributed by atoms with Gasteiger partial charge in [-0.2, -0.15) is 0 Å². The molecule has 12 heavy (non-hydrogen) atoms. The van der Waals surface area contributed by atoms with Crippen LogP contribution in [0.4, 0.5) is 0 Å². The molecule has 0 bridgehead atoms. The van der Waals surface area contributed by atoms with Gasteiger partial charge in [-0.15, -0.1) is 0 Å². The number of hydrogen-bond acceptors (Lipinski definition) is 1. The number of halogens is 2. The van der Waals surface area contributed by atoms with Gasteiger partial charge in [0.15, 0.2) is 0 Å². The Morgan fingerprint density at radius 2 is 1.25 bits per heavy atom. The van der Waals surface area contributed by atoms with Crippen molar-refractivity contribution in [2.24, 2.45) is 0 Å². The van der Waals surface area contributed by atoms with E-state index in [1.165, 1.54) is 0 Å². The lowest BCUT2D eigenvalue weighted by Gasteiger charge is -2.11. The van der Waals surface area contributed by atoms with Crippen molar-refractivity contribution in [3.63, 3.8) is 0 Å². The van der Waals surface area contributed by atoms with E-state index in [0.29, 0.717) is 5.75 Å². The first-order valence-electron chi connectivity index (χ1n) is 3.60. The zero-order valence-corrected chi connectivity index (χ0v) is 10.4. The van der Waals surface area contributed by atoms with Crippen molar-refractivity contribution in [3.05, 3.63) is 25.6 Å². The van der Waals surface area contributed by atoms with Crippen LogP contribution in [0.5, 0.6) is 5.75 Å². The predicted octanol–water partition coefficient (Wildman–Crippen LogP) is 3.84. The molecule has 1 aromatic rings. The van der Waals surface area contributed by atoms with E-state index in [0.717, 1.165) is 25.6 Å². The first kappa shape index (κ1) is 10.1. The van der Waals surface area contributed by atoms with Crippen LogP contribution < -0.4 is 0 Å². The fourth-order valence-electron chi connectivity index (χ4n) is 1.06. The molecule has 1 rings (SSSR count). The molecule has 66 valence electrons. The molecule has 0 aliphatic carbocycles. The third-order valence-electron chi connectivity index (χ3n) is 2.12. The number of rotatable bonds is 0. The zero-order valence-electron chi connectivity index (χ0n) is 7.20. The van der Waals surface area contributed by atoms with Crippen LogP contribution in [0.3, 0.4) is 0 Å². The van der Waals surface area contributed by atoms with E-state index in [-0.39, 0.29) is 0 Å². The van der Waals surface area contributed by atoms with Gasteiger partial charge in [-0.3, -0.25) is 0 Å². The van der Waals surface area contributed by atoms with Crippen LogP contribution in [0.25, 0.3) is 0 Å². The third-order valence-corrected chi connectivity index (χ3v) is 4.64. The lowest BCUT2D eigenvalue weighted by molar-refractivity contribution is 0.465. The minimum absolute atomic E-state index is 0.377. The molecule has 0 saturated heterocycles. The smallest absolute Gasteiger partial charge is 0.122 e. The van der Waals surface area contributed by atoms with Gasteiger partial charge in [-0.05, 0) is 63.8 Å². The van der Waals surface area contributed by atoms with Crippen molar-refractivity contribution in [1.29, 1.82) is 0 Å². The molecule has 0 amide bonds. The maximum absolute atomic E-state index is 9.64. The molecule has 0 aliphatic rings. The summed E-state index contributed by atoms with van der Waals surface area (Å²) in [7, 11) is 0. The Labute approximate surface area is 89.1 Å². The fourth-order valence-corrected chi connectivity index (χ4v) is 2.14. The number of hydrogen-bond donors (Lipinski definition) is 1. The summed E-state index contributed by atoms with van der Waals surface area (Å²) in [4.78, 5) is 0. The van der Waals surface area contributed by atoms with Crippen LogP contribution in [-0.2, 0) is 0 Å². The number of benzene rings is 1. The summed E-state index contributed by atoms with van der Waals surface area (Å²) in [6.07, 6.45) is 0. The lowest BCUT2D eigenvalue weighted by atomic mass is 10.1. The quantitative estimate of drug-likeness (QED) is 0.770. The second-order valence-electron chi connectivity index (χ2n) is 2.85. The summed E-state index contributed by atoms with van der Waals surface area (Å²) < 4.78 is 1.96. The molecule has 1 aromatic carbocycles. The Bertz CT molecular complexity index is 227. The summed E-state index contributed by atoms with van der Waals surface area (Å²) >= 11 is 6.86. The molecule has 1 nitrogen and oxygen atoms in total. The van der Waals surface area contributed by atoms with E-state index in [9.17, 15) is 5.11 Å². The Kier molecular flexibility index (Phi) is 2.84. The van der Waals surface area contributed by atoms with Crippen molar-refractivity contribution >= 4 is 31.9 Å². The zero-order chi connectivity index (χ0) is 9.46. The average Bonchev–Trinajstić information content (AvgIpc) is 2.08. The number of aromatic hydroxyl groups is 1. The van der Waals surface area contributed by atoms with Crippen molar-refractivity contribution in [2.75, 3.05) is 0 Å². The molecule has 0 aliphatic heterocycles. The largest absolute Gasteiger partial charge is 0.507 e. The first-order valence-corrected chi connectivity index (χ1v) is 5.19. The van der Waals surface area contributed by atoms with Crippen molar-refractivity contribution in [2.45, 2.75) is 20.8 Å². The minimum atomic E-state index is 0.377. The van der Waals surface area contributed by atoms with E-state index < -0.39 is 0 Å². The summed E-state index contributed by atoms with van der Waals surface area (Å²) in [5.41, 5.74) is 2.89. The van der Waals surface area contributed by atoms with Crippen LogP contribution in [0.1, 0.15) is 16.7 Å². The van der Waals surface area contributed by atoms with Gasteiger partial charge in [0.2, 0.25) is 0 Å². The molecule has 0 fully saturated rings. The lowest BCUT2D eigenvalue weighted by Crippen LogP contribution is -1.89. The highest BCUT2D eigenvalue weighted by Gasteiger charge is 2.12. The van der Waals surface area contributed by atoms with E-state index in [2.05, 4.69) is 31.9 Å². The summed E-state index contributed by atoms with van der Waals surface area (Å²) in [6, 6.07) is 0. The van der Waals surface area contributed by atoms with Gasteiger partial charge in [0.1, 0.15) is 5.75 Å². The maximum Gasteiger partial charge on any atom is 0.122 e. The average molecular weight is 294 g/mol. The summed E-state index contributed by atoms with van der Waals surface area (Å²) in [6.45, 7) is 5.77. The van der Waals surface area contributed by atoms with Crippen LogP contribution >= 0.6 is 31.9 Å². The highest BCUT2D eigenvalue weighted by Crippen LogP contribution is 2.38. The maximum atomic E-state index is 9.64. The molecular weight excluding hydrogens is 284 g/mol. The highest BCUT2D eigenvalue weighted by atomic mass is 79.9. The Morgan fingerprint density at radius 1 is 0.833 bits per heavy atom. The van der Waals surface area contributed by atoms with Gasteiger partial charge in [-0.1, -0.05) is 0 Å². The Morgan fingerprint density at radius 3 is 1.75 bits per heavy atom. The molecule has 0 unspecified atom stereocenters. The monoisotopic (exact) mass is 292 g/mol. The molecule has 3 heteroatoms. The normalized spacial score (nSPS) is 10.4. The molecular formula is C9H10Br2O. The van der Waals surface area contributed by atoms with Gasteiger partial charge in [0, 0.05) is 14.5 Å². The molecule has 0 saturated carbocycles. The van der Waals surface area contributed by atoms with Gasteiger partial charge >= 0.3 is 0 Å². The number of phenolic OH excluding ortho intramolecular Hbond substituents is 1. The van der Waals surface area contributed by atoms with Crippen LogP contribution in [0.15, 0.2) is 8.95 Å². The predicted molar refractivity (Wildman–Crippen MR) is 57.7 cm³/mol. The second-order valence-corrected chi connectivity index (χ2v) is 4.44. The highest BCUT2D eigenvalue weighted by molar-refractivity contribution is 9.13. The van der Waals surface area contributed by atoms with Crippen LogP contribution in [0.2, 0.25) is 0 Å². The Hall–Kier alpha value is -0.0200. The van der Waals surface area contributed by atoms with Crippen molar-refractivity contribution in [1.82, 2.24) is 0 Å². The van der Waals surface area contributed by atoms with E-state index in [4.69, 9.17) is 0 Å². The van der Waals surface area contributed by atoms with Gasteiger partial charge in [0.25, 0.3) is 0 Å². The number of phenols is 1. The summed E-state index contributed by atoms with van der Waals surface area (Å²) in [5.74, 6) is 0.377.